The first kappa shape index (κ1) is 13.3. The van der Waals surface area contributed by atoms with Gasteiger partial charge in [-0.1, -0.05) is 30.3 Å². The lowest BCUT2D eigenvalue weighted by molar-refractivity contribution is -0.128. The number of nitrogens with zero attached hydrogens (tertiary/aromatic N) is 2. The average Bonchev–Trinajstić information content (AvgIpc) is 2.88. The maximum absolute atomic E-state index is 12.0. The third-order valence-corrected chi connectivity index (χ3v) is 4.02. The molecule has 4 heteroatoms. The number of benzene rings is 1. The van der Waals surface area contributed by atoms with Gasteiger partial charge in [0, 0.05) is 25.7 Å². The maximum atomic E-state index is 12.0. The molecule has 0 aromatic heterocycles. The van der Waals surface area contributed by atoms with Crippen LogP contribution in [-0.4, -0.2) is 36.4 Å². The zero-order valence-corrected chi connectivity index (χ0v) is 11.6. The Bertz CT molecular complexity index is 492. The SMILES string of the molecule is O=C1CC(C2CCOCC2)=NN1CCc1ccccc1. The van der Waals surface area contributed by atoms with Gasteiger partial charge in [0.1, 0.15) is 0 Å². The van der Waals surface area contributed by atoms with Crippen LogP contribution in [0, 0.1) is 5.92 Å². The molecule has 0 saturated carbocycles. The summed E-state index contributed by atoms with van der Waals surface area (Å²) >= 11 is 0. The molecule has 4 nitrogen and oxygen atoms in total. The summed E-state index contributed by atoms with van der Waals surface area (Å²) in [5.41, 5.74) is 2.31. The van der Waals surface area contributed by atoms with Gasteiger partial charge in [-0.25, -0.2) is 5.01 Å². The molecule has 2 heterocycles. The van der Waals surface area contributed by atoms with Gasteiger partial charge >= 0.3 is 0 Å². The summed E-state index contributed by atoms with van der Waals surface area (Å²) in [6.07, 6.45) is 3.36. The molecule has 1 aromatic rings. The van der Waals surface area contributed by atoms with Gasteiger partial charge in [0.2, 0.25) is 5.91 Å². The Morgan fingerprint density at radius 3 is 2.70 bits per heavy atom. The number of carbonyl (C=O) groups excluding carboxylic acids is 1. The van der Waals surface area contributed by atoms with Crippen molar-refractivity contribution >= 4 is 11.6 Å². The van der Waals surface area contributed by atoms with Crippen LogP contribution in [0.25, 0.3) is 0 Å². The lowest BCUT2D eigenvalue weighted by Crippen LogP contribution is -2.23. The van der Waals surface area contributed by atoms with Crippen molar-refractivity contribution in [2.75, 3.05) is 19.8 Å². The number of hydrogen-bond donors (Lipinski definition) is 0. The third kappa shape index (κ3) is 3.07. The Balaban J connectivity index is 1.59. The fourth-order valence-corrected chi connectivity index (χ4v) is 2.80. The van der Waals surface area contributed by atoms with Crippen LogP contribution in [0.2, 0.25) is 0 Å². The molecule has 20 heavy (non-hydrogen) atoms. The summed E-state index contributed by atoms with van der Waals surface area (Å²) in [5, 5.41) is 6.20. The molecule has 0 aliphatic carbocycles. The number of hydrogen-bond acceptors (Lipinski definition) is 3. The second-order valence-corrected chi connectivity index (χ2v) is 5.41. The van der Waals surface area contributed by atoms with E-state index in [1.165, 1.54) is 5.56 Å². The van der Waals surface area contributed by atoms with E-state index in [0.29, 0.717) is 18.9 Å². The summed E-state index contributed by atoms with van der Waals surface area (Å²) in [5.74, 6) is 0.580. The largest absolute Gasteiger partial charge is 0.381 e. The van der Waals surface area contributed by atoms with Crippen LogP contribution in [-0.2, 0) is 16.0 Å². The van der Waals surface area contributed by atoms with Crippen LogP contribution in [0.4, 0.5) is 0 Å². The van der Waals surface area contributed by atoms with Crippen LogP contribution < -0.4 is 0 Å². The monoisotopic (exact) mass is 272 g/mol. The zero-order chi connectivity index (χ0) is 13.8. The summed E-state index contributed by atoms with van der Waals surface area (Å²) in [4.78, 5) is 12.0. The minimum Gasteiger partial charge on any atom is -0.381 e. The molecule has 2 aliphatic rings. The van der Waals surface area contributed by atoms with Crippen LogP contribution >= 0.6 is 0 Å². The molecule has 1 aromatic carbocycles. The van der Waals surface area contributed by atoms with Gasteiger partial charge in [-0.15, -0.1) is 0 Å². The maximum Gasteiger partial charge on any atom is 0.248 e. The van der Waals surface area contributed by atoms with Crippen molar-refractivity contribution in [3.8, 4) is 0 Å². The van der Waals surface area contributed by atoms with Gasteiger partial charge in [0.15, 0.2) is 0 Å². The molecule has 1 fully saturated rings. The third-order valence-electron chi connectivity index (χ3n) is 4.02. The van der Waals surface area contributed by atoms with E-state index in [1.54, 1.807) is 5.01 Å². The van der Waals surface area contributed by atoms with Crippen molar-refractivity contribution in [2.24, 2.45) is 11.0 Å². The predicted molar refractivity (Wildman–Crippen MR) is 77.5 cm³/mol. The van der Waals surface area contributed by atoms with E-state index in [-0.39, 0.29) is 5.91 Å². The Morgan fingerprint density at radius 1 is 1.20 bits per heavy atom. The van der Waals surface area contributed by atoms with Gasteiger partial charge < -0.3 is 4.74 Å². The van der Waals surface area contributed by atoms with E-state index in [4.69, 9.17) is 4.74 Å². The van der Waals surface area contributed by atoms with E-state index < -0.39 is 0 Å². The normalized spacial score (nSPS) is 20.3. The van der Waals surface area contributed by atoms with E-state index in [9.17, 15) is 4.79 Å². The van der Waals surface area contributed by atoms with Crippen molar-refractivity contribution in [1.82, 2.24) is 5.01 Å². The van der Waals surface area contributed by atoms with Crippen molar-refractivity contribution in [3.05, 3.63) is 35.9 Å². The molecule has 0 spiro atoms. The molecule has 0 bridgehead atoms. The average molecular weight is 272 g/mol. The minimum absolute atomic E-state index is 0.141. The fraction of sp³-hybridized carbons (Fsp3) is 0.500. The molecule has 0 radical (unpaired) electrons. The van der Waals surface area contributed by atoms with Gasteiger partial charge in [-0.05, 0) is 24.8 Å². The van der Waals surface area contributed by atoms with Gasteiger partial charge in [0.25, 0.3) is 0 Å². The molecule has 3 rings (SSSR count). The van der Waals surface area contributed by atoms with Crippen LogP contribution in [0.15, 0.2) is 35.4 Å². The number of carbonyl (C=O) groups is 1. The van der Waals surface area contributed by atoms with Crippen molar-refractivity contribution in [1.29, 1.82) is 0 Å². The molecule has 2 aliphatic heterocycles. The highest BCUT2D eigenvalue weighted by Gasteiger charge is 2.29. The smallest absolute Gasteiger partial charge is 0.248 e. The molecule has 0 atom stereocenters. The summed E-state index contributed by atoms with van der Waals surface area (Å²) in [7, 11) is 0. The number of ether oxygens (including phenoxy) is 1. The molecule has 0 unspecified atom stereocenters. The number of rotatable bonds is 4. The van der Waals surface area contributed by atoms with Crippen LogP contribution in [0.1, 0.15) is 24.8 Å². The second kappa shape index (κ2) is 6.18. The summed E-state index contributed by atoms with van der Waals surface area (Å²) in [6.45, 7) is 2.26. The molecular formula is C16H20N2O2. The van der Waals surface area contributed by atoms with E-state index in [2.05, 4.69) is 17.2 Å². The lowest BCUT2D eigenvalue weighted by Gasteiger charge is -2.21. The Hall–Kier alpha value is -1.68. The van der Waals surface area contributed by atoms with Crippen molar-refractivity contribution in [3.63, 3.8) is 0 Å². The second-order valence-electron chi connectivity index (χ2n) is 5.41. The van der Waals surface area contributed by atoms with Gasteiger partial charge in [-0.3, -0.25) is 4.79 Å². The van der Waals surface area contributed by atoms with E-state index >= 15 is 0 Å². The first-order valence-corrected chi connectivity index (χ1v) is 7.32. The van der Waals surface area contributed by atoms with Gasteiger partial charge in [0.05, 0.1) is 12.1 Å². The van der Waals surface area contributed by atoms with Crippen molar-refractivity contribution in [2.45, 2.75) is 25.7 Å². The van der Waals surface area contributed by atoms with Crippen LogP contribution in [0.5, 0.6) is 0 Å². The van der Waals surface area contributed by atoms with E-state index in [1.807, 2.05) is 18.2 Å². The summed E-state index contributed by atoms with van der Waals surface area (Å²) < 4.78 is 5.36. The highest BCUT2D eigenvalue weighted by atomic mass is 16.5. The topological polar surface area (TPSA) is 41.9 Å². The first-order valence-electron chi connectivity index (χ1n) is 7.32. The number of hydrazone groups is 1. The van der Waals surface area contributed by atoms with E-state index in [0.717, 1.165) is 38.2 Å². The van der Waals surface area contributed by atoms with Crippen molar-refractivity contribution < 1.29 is 9.53 Å². The minimum atomic E-state index is 0.141. The quantitative estimate of drug-likeness (QED) is 0.843. The predicted octanol–water partition coefficient (Wildman–Crippen LogP) is 2.24. The summed E-state index contributed by atoms with van der Waals surface area (Å²) in [6, 6.07) is 10.2. The number of amides is 1. The first-order chi connectivity index (χ1) is 9.83. The molecule has 106 valence electrons. The highest BCUT2D eigenvalue weighted by Crippen LogP contribution is 2.23. The Labute approximate surface area is 119 Å². The molecular weight excluding hydrogens is 252 g/mol. The highest BCUT2D eigenvalue weighted by molar-refractivity contribution is 6.06. The van der Waals surface area contributed by atoms with Crippen LogP contribution in [0.3, 0.4) is 0 Å². The fourth-order valence-electron chi connectivity index (χ4n) is 2.80. The van der Waals surface area contributed by atoms with Gasteiger partial charge in [-0.2, -0.15) is 5.10 Å². The molecule has 1 amide bonds. The molecule has 1 saturated heterocycles. The Kier molecular flexibility index (Phi) is 4.11. The Morgan fingerprint density at radius 2 is 1.95 bits per heavy atom. The standard InChI is InChI=1S/C16H20N2O2/c19-16-12-15(14-7-10-20-11-8-14)17-18(16)9-6-13-4-2-1-3-5-13/h1-5,14H,6-12H2. The zero-order valence-electron chi connectivity index (χ0n) is 11.6. The lowest BCUT2D eigenvalue weighted by atomic mass is 9.93. The molecule has 0 N–H and O–H groups in total.